The number of likely N-dealkylation sites (N-methyl/N-ethyl adjacent to an activating group) is 1. The Bertz CT molecular complexity index is 702. The Morgan fingerprint density at radius 1 is 1.08 bits per heavy atom. The lowest BCUT2D eigenvalue weighted by Gasteiger charge is -2.29. The van der Waals surface area contributed by atoms with Crippen LogP contribution in [0, 0.1) is 0 Å². The Kier molecular flexibility index (Phi) is 6.42. The van der Waals surface area contributed by atoms with E-state index in [2.05, 4.69) is 0 Å². The molecule has 2 atom stereocenters. The normalized spacial score (nSPS) is 13.0. The number of benzene rings is 2. The summed E-state index contributed by atoms with van der Waals surface area (Å²) in [6, 6.07) is 14.4. The van der Waals surface area contributed by atoms with E-state index in [0.29, 0.717) is 11.5 Å². The smallest absolute Gasteiger partial charge is 0.227 e. The quantitative estimate of drug-likeness (QED) is 0.840. The summed E-state index contributed by atoms with van der Waals surface area (Å²) < 4.78 is 10.5. The first-order valence-corrected chi connectivity index (χ1v) is 8.17. The fourth-order valence-corrected chi connectivity index (χ4v) is 2.66. The minimum atomic E-state index is -0.736. The topological polar surface area (TPSA) is 59.0 Å². The molecule has 0 unspecified atom stereocenters. The second-order valence-corrected chi connectivity index (χ2v) is 5.97. The molecule has 25 heavy (non-hydrogen) atoms. The Balaban J connectivity index is 2.07. The minimum absolute atomic E-state index is 0.0744. The first-order valence-electron chi connectivity index (χ1n) is 8.17. The molecule has 0 radical (unpaired) electrons. The Morgan fingerprint density at radius 3 is 2.32 bits per heavy atom. The molecule has 0 saturated heterocycles. The highest BCUT2D eigenvalue weighted by Gasteiger charge is 2.24. The highest BCUT2D eigenvalue weighted by atomic mass is 16.5. The van der Waals surface area contributed by atoms with E-state index >= 15 is 0 Å². The van der Waals surface area contributed by atoms with E-state index in [0.717, 1.165) is 11.1 Å². The number of ether oxygens (including phenoxy) is 2. The minimum Gasteiger partial charge on any atom is -0.493 e. The van der Waals surface area contributed by atoms with Crippen LogP contribution in [0.25, 0.3) is 0 Å². The Hall–Kier alpha value is -2.53. The summed E-state index contributed by atoms with van der Waals surface area (Å²) in [6.07, 6.45) is -0.511. The average Bonchev–Trinajstić information content (AvgIpc) is 2.66. The molecule has 2 rings (SSSR count). The van der Waals surface area contributed by atoms with Crippen molar-refractivity contribution in [1.29, 1.82) is 0 Å². The Morgan fingerprint density at radius 2 is 1.72 bits per heavy atom. The summed E-state index contributed by atoms with van der Waals surface area (Å²) in [6.45, 7) is 1.84. The lowest BCUT2D eigenvalue weighted by atomic mass is 10.0. The lowest BCUT2D eigenvalue weighted by molar-refractivity contribution is -0.133. The van der Waals surface area contributed by atoms with Gasteiger partial charge in [0.25, 0.3) is 0 Å². The van der Waals surface area contributed by atoms with Crippen LogP contribution < -0.4 is 9.47 Å². The third-order valence-corrected chi connectivity index (χ3v) is 4.41. The van der Waals surface area contributed by atoms with E-state index in [1.807, 2.05) is 43.3 Å². The van der Waals surface area contributed by atoms with E-state index in [1.54, 1.807) is 38.3 Å². The molecule has 134 valence electrons. The lowest BCUT2D eigenvalue weighted by Crippen LogP contribution is -2.39. The number of rotatable bonds is 7. The number of carbonyl (C=O) groups is 1. The molecule has 2 aromatic carbocycles. The largest absolute Gasteiger partial charge is 0.493 e. The van der Waals surface area contributed by atoms with Crippen molar-refractivity contribution in [2.75, 3.05) is 21.3 Å². The van der Waals surface area contributed by atoms with Crippen molar-refractivity contribution in [1.82, 2.24) is 4.90 Å². The maximum atomic E-state index is 12.6. The van der Waals surface area contributed by atoms with Crippen LogP contribution in [0.3, 0.4) is 0 Å². The first kappa shape index (κ1) is 18.8. The second kappa shape index (κ2) is 8.53. The molecule has 0 aliphatic rings. The van der Waals surface area contributed by atoms with Gasteiger partial charge in [-0.2, -0.15) is 0 Å². The van der Waals surface area contributed by atoms with E-state index in [-0.39, 0.29) is 18.4 Å². The summed E-state index contributed by atoms with van der Waals surface area (Å²) >= 11 is 0. The van der Waals surface area contributed by atoms with Gasteiger partial charge in [-0.25, -0.2) is 0 Å². The van der Waals surface area contributed by atoms with Crippen molar-refractivity contribution in [2.24, 2.45) is 0 Å². The van der Waals surface area contributed by atoms with Gasteiger partial charge in [0.05, 0.1) is 32.8 Å². The van der Waals surface area contributed by atoms with E-state index in [1.165, 1.54) is 0 Å². The summed E-state index contributed by atoms with van der Waals surface area (Å²) in [5, 5.41) is 10.5. The van der Waals surface area contributed by atoms with Gasteiger partial charge in [0, 0.05) is 7.05 Å². The van der Waals surface area contributed by atoms with Crippen LogP contribution in [-0.4, -0.2) is 43.2 Å². The number of nitrogens with zero attached hydrogens (tertiary/aromatic N) is 1. The predicted octanol–water partition coefficient (Wildman–Crippen LogP) is 2.83. The number of hydrogen-bond donors (Lipinski definition) is 1. The molecule has 0 aliphatic heterocycles. The van der Waals surface area contributed by atoms with Crippen LogP contribution in [0.15, 0.2) is 48.5 Å². The number of amides is 1. The maximum absolute atomic E-state index is 12.6. The molecule has 0 heterocycles. The number of methoxy groups -OCH3 is 2. The fourth-order valence-electron chi connectivity index (χ4n) is 2.66. The summed E-state index contributed by atoms with van der Waals surface area (Å²) in [7, 11) is 4.84. The molecular formula is C20H25NO4. The van der Waals surface area contributed by atoms with Crippen molar-refractivity contribution in [3.8, 4) is 11.5 Å². The summed E-state index contributed by atoms with van der Waals surface area (Å²) in [5.74, 6) is 1.14. The third-order valence-electron chi connectivity index (χ3n) is 4.41. The van der Waals surface area contributed by atoms with Crippen molar-refractivity contribution in [3.05, 3.63) is 59.7 Å². The third kappa shape index (κ3) is 4.51. The predicted molar refractivity (Wildman–Crippen MR) is 96.9 cm³/mol. The van der Waals surface area contributed by atoms with E-state index in [4.69, 9.17) is 9.47 Å². The molecule has 0 fully saturated rings. The number of carbonyl (C=O) groups excluding carboxylic acids is 1. The zero-order valence-corrected chi connectivity index (χ0v) is 15.1. The van der Waals surface area contributed by atoms with Crippen LogP contribution >= 0.6 is 0 Å². The van der Waals surface area contributed by atoms with E-state index in [9.17, 15) is 9.90 Å². The van der Waals surface area contributed by atoms with Gasteiger partial charge in [0.1, 0.15) is 0 Å². The monoisotopic (exact) mass is 343 g/mol. The van der Waals surface area contributed by atoms with Gasteiger partial charge in [0.2, 0.25) is 5.91 Å². The summed E-state index contributed by atoms with van der Waals surface area (Å²) in [5.41, 5.74) is 1.62. The standard InChI is InChI=1S/C20H25NO4/c1-14(20(23)16-8-6-5-7-9-16)21(2)19(22)13-15-10-11-17(24-3)18(12-15)25-4/h5-12,14,20,23H,13H2,1-4H3/t14-,20+/m0/s1. The Labute approximate surface area is 148 Å². The molecule has 5 heteroatoms. The van der Waals surface area contributed by atoms with Gasteiger partial charge < -0.3 is 19.5 Å². The highest BCUT2D eigenvalue weighted by Crippen LogP contribution is 2.28. The molecule has 0 spiro atoms. The highest BCUT2D eigenvalue weighted by molar-refractivity contribution is 5.79. The first-order chi connectivity index (χ1) is 12.0. The molecule has 1 N–H and O–H groups in total. The second-order valence-electron chi connectivity index (χ2n) is 5.97. The fraction of sp³-hybridized carbons (Fsp3) is 0.350. The molecule has 5 nitrogen and oxygen atoms in total. The molecule has 0 saturated carbocycles. The number of aliphatic hydroxyl groups excluding tert-OH is 1. The molecule has 2 aromatic rings. The molecule has 0 aliphatic carbocycles. The molecule has 0 bridgehead atoms. The van der Waals surface area contributed by atoms with Crippen molar-refractivity contribution >= 4 is 5.91 Å². The van der Waals surface area contributed by atoms with Gasteiger partial charge >= 0.3 is 0 Å². The number of hydrogen-bond acceptors (Lipinski definition) is 4. The molecular weight excluding hydrogens is 318 g/mol. The summed E-state index contributed by atoms with van der Waals surface area (Å²) in [4.78, 5) is 14.2. The average molecular weight is 343 g/mol. The SMILES string of the molecule is COc1ccc(CC(=O)N(C)[C@@H](C)[C@@H](O)c2ccccc2)cc1OC. The van der Waals surface area contributed by atoms with Crippen LogP contribution in [0.1, 0.15) is 24.2 Å². The zero-order chi connectivity index (χ0) is 18.4. The van der Waals surface area contributed by atoms with Gasteiger partial charge in [-0.05, 0) is 30.2 Å². The van der Waals surface area contributed by atoms with Crippen LogP contribution in [0.2, 0.25) is 0 Å². The van der Waals surface area contributed by atoms with Gasteiger partial charge in [-0.1, -0.05) is 36.4 Å². The number of aliphatic hydroxyl groups is 1. The van der Waals surface area contributed by atoms with Crippen molar-refractivity contribution in [2.45, 2.75) is 25.5 Å². The van der Waals surface area contributed by atoms with Crippen LogP contribution in [0.4, 0.5) is 0 Å². The van der Waals surface area contributed by atoms with Crippen molar-refractivity contribution < 1.29 is 19.4 Å². The van der Waals surface area contributed by atoms with Gasteiger partial charge in [0.15, 0.2) is 11.5 Å². The molecule has 0 aromatic heterocycles. The molecule has 1 amide bonds. The van der Waals surface area contributed by atoms with E-state index < -0.39 is 6.10 Å². The van der Waals surface area contributed by atoms with Crippen molar-refractivity contribution in [3.63, 3.8) is 0 Å². The van der Waals surface area contributed by atoms with Gasteiger partial charge in [-0.15, -0.1) is 0 Å². The maximum Gasteiger partial charge on any atom is 0.227 e. The van der Waals surface area contributed by atoms with Gasteiger partial charge in [-0.3, -0.25) is 4.79 Å². The van der Waals surface area contributed by atoms with Crippen LogP contribution in [-0.2, 0) is 11.2 Å². The zero-order valence-electron chi connectivity index (χ0n) is 15.1. The van der Waals surface area contributed by atoms with Crippen LogP contribution in [0.5, 0.6) is 11.5 Å².